The predicted molar refractivity (Wildman–Crippen MR) is 137 cm³/mol. The lowest BCUT2D eigenvalue weighted by atomic mass is 10.1. The molecule has 196 valence electrons. The third-order valence-electron chi connectivity index (χ3n) is 6.10. The van der Waals surface area contributed by atoms with E-state index in [1.54, 1.807) is 30.3 Å². The molecule has 0 aromatic heterocycles. The van der Waals surface area contributed by atoms with Gasteiger partial charge in [0.2, 0.25) is 5.91 Å². The van der Waals surface area contributed by atoms with Gasteiger partial charge in [-0.25, -0.2) is 0 Å². The zero-order chi connectivity index (χ0) is 26.2. The van der Waals surface area contributed by atoms with E-state index in [2.05, 4.69) is 5.32 Å². The first-order chi connectivity index (χ1) is 17.9. The van der Waals surface area contributed by atoms with E-state index in [-0.39, 0.29) is 18.5 Å². The highest BCUT2D eigenvalue weighted by molar-refractivity contribution is 5.92. The Morgan fingerprint density at radius 2 is 1.97 bits per heavy atom. The Morgan fingerprint density at radius 1 is 1.11 bits per heavy atom. The molecule has 1 aliphatic heterocycles. The number of hydrogen-bond donors (Lipinski definition) is 5. The van der Waals surface area contributed by atoms with Crippen molar-refractivity contribution < 1.29 is 34.3 Å². The summed E-state index contributed by atoms with van der Waals surface area (Å²) < 4.78 is 17.7. The molecule has 0 radical (unpaired) electrons. The Hall–Kier alpha value is -3.63. The van der Waals surface area contributed by atoms with Crippen molar-refractivity contribution in [2.45, 2.75) is 31.8 Å². The first kappa shape index (κ1) is 26.4. The monoisotopic (exact) mass is 508 g/mol. The first-order valence-corrected chi connectivity index (χ1v) is 12.1. The highest BCUT2D eigenvalue weighted by atomic mass is 16.6. The molecule has 1 unspecified atom stereocenters. The number of phenols is 1. The van der Waals surface area contributed by atoms with Crippen molar-refractivity contribution in [1.82, 2.24) is 5.32 Å². The molecule has 1 heterocycles. The summed E-state index contributed by atoms with van der Waals surface area (Å²) in [6.07, 6.45) is -0.298. The van der Waals surface area contributed by atoms with Crippen molar-refractivity contribution in [3.8, 4) is 17.2 Å². The quantitative estimate of drug-likeness (QED) is 0.234. The summed E-state index contributed by atoms with van der Waals surface area (Å²) in [4.78, 5) is 11.3. The highest BCUT2D eigenvalue weighted by Crippen LogP contribution is 2.33. The summed E-state index contributed by atoms with van der Waals surface area (Å²) in [5, 5.41) is 32.6. The second-order valence-corrected chi connectivity index (χ2v) is 8.93. The van der Waals surface area contributed by atoms with Gasteiger partial charge in [0.1, 0.15) is 12.4 Å². The van der Waals surface area contributed by atoms with Crippen LogP contribution in [0.4, 0.5) is 0 Å². The molecule has 37 heavy (non-hydrogen) atoms. The summed E-state index contributed by atoms with van der Waals surface area (Å²) >= 11 is 0. The number of carbonyl (C=O) groups is 1. The van der Waals surface area contributed by atoms with Crippen LogP contribution in [0, 0.1) is 0 Å². The number of aliphatic hydroxyl groups excluding tert-OH is 2. The van der Waals surface area contributed by atoms with Gasteiger partial charge in [-0.15, -0.1) is 0 Å². The zero-order valence-electron chi connectivity index (χ0n) is 20.4. The molecule has 4 rings (SSSR count). The number of aromatic hydroxyl groups is 1. The molecule has 0 saturated carbocycles. The number of nitrogens with two attached hydrogens (primary N) is 1. The molecule has 9 heteroatoms. The van der Waals surface area contributed by atoms with Crippen molar-refractivity contribution in [2.75, 3.05) is 26.3 Å². The van der Waals surface area contributed by atoms with Gasteiger partial charge in [0.25, 0.3) is 0 Å². The third-order valence-corrected chi connectivity index (χ3v) is 6.10. The molecule has 0 aliphatic carbocycles. The number of primary amides is 1. The number of ether oxygens (including phenoxy) is 3. The van der Waals surface area contributed by atoms with Gasteiger partial charge in [-0.1, -0.05) is 24.3 Å². The largest absolute Gasteiger partial charge is 0.508 e. The molecule has 1 amide bonds. The average Bonchev–Trinajstić information content (AvgIpc) is 2.91. The third kappa shape index (κ3) is 7.21. The van der Waals surface area contributed by atoms with Crippen LogP contribution in [0.2, 0.25) is 0 Å². The predicted octanol–water partition coefficient (Wildman–Crippen LogP) is 2.21. The lowest BCUT2D eigenvalue weighted by Crippen LogP contribution is -2.33. The topological polar surface area (TPSA) is 144 Å². The standard InChI is InChI=1S/C28H32N2O7/c29-28(34)21-3-1-2-19(10-21)15-35-16-23-17-36-26-7-4-18(11-27(26)37-23)8-9-30-13-25(33)20-5-6-24(32)22(12-20)14-31/h1-7,10-12,23,25,30-33H,8-9,13-17H2,(H2,29,34)/t23?,25-/m0/s1. The van der Waals surface area contributed by atoms with Crippen molar-refractivity contribution in [3.63, 3.8) is 0 Å². The van der Waals surface area contributed by atoms with Crippen LogP contribution in [0.3, 0.4) is 0 Å². The molecule has 3 aromatic carbocycles. The number of fused-ring (bicyclic) bond motifs is 1. The van der Waals surface area contributed by atoms with E-state index in [0.717, 1.165) is 17.5 Å². The molecule has 1 aliphatic rings. The van der Waals surface area contributed by atoms with Gasteiger partial charge in [-0.05, 0) is 66.1 Å². The van der Waals surface area contributed by atoms with Gasteiger partial charge in [0, 0.05) is 17.7 Å². The molecular formula is C28H32N2O7. The maximum atomic E-state index is 11.3. The van der Waals surface area contributed by atoms with Gasteiger partial charge >= 0.3 is 0 Å². The van der Waals surface area contributed by atoms with Crippen molar-refractivity contribution >= 4 is 5.91 Å². The fourth-order valence-electron chi connectivity index (χ4n) is 4.05. The maximum absolute atomic E-state index is 11.3. The van der Waals surface area contributed by atoms with E-state index in [1.165, 1.54) is 6.07 Å². The Balaban J connectivity index is 1.22. The fraction of sp³-hybridized carbons (Fsp3) is 0.321. The molecule has 0 spiro atoms. The van der Waals surface area contributed by atoms with Crippen LogP contribution < -0.4 is 20.5 Å². The number of carbonyl (C=O) groups excluding carboxylic acids is 1. The number of aliphatic hydroxyl groups is 2. The molecule has 0 bridgehead atoms. The zero-order valence-corrected chi connectivity index (χ0v) is 20.4. The van der Waals surface area contributed by atoms with Crippen LogP contribution in [0.5, 0.6) is 17.2 Å². The van der Waals surface area contributed by atoms with Crippen LogP contribution >= 0.6 is 0 Å². The second-order valence-electron chi connectivity index (χ2n) is 8.93. The number of hydrogen-bond acceptors (Lipinski definition) is 8. The van der Waals surface area contributed by atoms with Crippen LogP contribution in [-0.2, 0) is 24.4 Å². The van der Waals surface area contributed by atoms with Gasteiger partial charge in [-0.2, -0.15) is 0 Å². The van der Waals surface area contributed by atoms with Gasteiger partial charge in [0.15, 0.2) is 17.6 Å². The minimum absolute atomic E-state index is 0.00815. The number of nitrogens with one attached hydrogen (secondary N) is 1. The van der Waals surface area contributed by atoms with Gasteiger partial charge in [-0.3, -0.25) is 4.79 Å². The number of benzene rings is 3. The Bertz CT molecular complexity index is 1220. The van der Waals surface area contributed by atoms with E-state index in [0.29, 0.717) is 61.1 Å². The first-order valence-electron chi connectivity index (χ1n) is 12.1. The van der Waals surface area contributed by atoms with Crippen molar-refractivity contribution in [2.24, 2.45) is 5.73 Å². The fourth-order valence-corrected chi connectivity index (χ4v) is 4.05. The minimum atomic E-state index is -0.759. The molecule has 6 N–H and O–H groups in total. The molecule has 9 nitrogen and oxygen atoms in total. The smallest absolute Gasteiger partial charge is 0.248 e. The van der Waals surface area contributed by atoms with Gasteiger partial charge < -0.3 is 40.6 Å². The summed E-state index contributed by atoms with van der Waals surface area (Å²) in [7, 11) is 0. The number of rotatable bonds is 12. The molecule has 2 atom stereocenters. The summed E-state index contributed by atoms with van der Waals surface area (Å²) in [5.74, 6) is 0.880. The SMILES string of the molecule is NC(=O)c1cccc(COCC2COc3ccc(CCNC[C@H](O)c4ccc(O)c(CO)c4)cc3O2)c1. The lowest BCUT2D eigenvalue weighted by molar-refractivity contribution is 0.00265. The second kappa shape index (κ2) is 12.6. The number of amides is 1. The van der Waals surface area contributed by atoms with Crippen molar-refractivity contribution in [3.05, 3.63) is 88.5 Å². The highest BCUT2D eigenvalue weighted by Gasteiger charge is 2.21. The Morgan fingerprint density at radius 3 is 2.78 bits per heavy atom. The summed E-state index contributed by atoms with van der Waals surface area (Å²) in [5.41, 5.74) is 8.69. The van der Waals surface area contributed by atoms with Crippen LogP contribution in [0.1, 0.15) is 38.7 Å². The summed E-state index contributed by atoms with van der Waals surface area (Å²) in [6.45, 7) is 1.72. The summed E-state index contributed by atoms with van der Waals surface area (Å²) in [6, 6.07) is 17.5. The van der Waals surface area contributed by atoms with Crippen LogP contribution in [-0.4, -0.2) is 53.6 Å². The molecule has 0 saturated heterocycles. The van der Waals surface area contributed by atoms with Crippen LogP contribution in [0.15, 0.2) is 60.7 Å². The van der Waals surface area contributed by atoms with E-state index in [9.17, 15) is 20.1 Å². The van der Waals surface area contributed by atoms with E-state index >= 15 is 0 Å². The molecule has 0 fully saturated rings. The van der Waals surface area contributed by atoms with Crippen LogP contribution in [0.25, 0.3) is 0 Å². The van der Waals surface area contributed by atoms with Gasteiger partial charge in [0.05, 0.1) is 25.9 Å². The average molecular weight is 509 g/mol. The van der Waals surface area contributed by atoms with E-state index < -0.39 is 12.0 Å². The minimum Gasteiger partial charge on any atom is -0.508 e. The Kier molecular flexibility index (Phi) is 8.97. The normalized spacial score (nSPS) is 15.4. The lowest BCUT2D eigenvalue weighted by Gasteiger charge is -2.27. The van der Waals surface area contributed by atoms with Crippen molar-refractivity contribution in [1.29, 1.82) is 0 Å². The molecule has 3 aromatic rings. The van der Waals surface area contributed by atoms with E-state index in [4.69, 9.17) is 19.9 Å². The maximum Gasteiger partial charge on any atom is 0.248 e. The molecular weight excluding hydrogens is 476 g/mol. The van der Waals surface area contributed by atoms with E-state index in [1.807, 2.05) is 24.3 Å². The Labute approximate surface area is 215 Å².